The Balaban J connectivity index is 2.06. The van der Waals surface area contributed by atoms with Crippen LogP contribution < -0.4 is 4.74 Å². The third-order valence-corrected chi connectivity index (χ3v) is 5.17. The summed E-state index contributed by atoms with van der Waals surface area (Å²) >= 11 is 0. The normalized spacial score (nSPS) is 24.9. The van der Waals surface area contributed by atoms with E-state index in [0.29, 0.717) is 5.56 Å². The molecule has 1 heterocycles. The molecule has 28 heavy (non-hydrogen) atoms. The van der Waals surface area contributed by atoms with Crippen LogP contribution in [0, 0.1) is 5.92 Å². The SMILES string of the molecule is C[C@H]1O[C@@H](C(=O)O)C(c2cccc(C(F)(F)F)c2OCc2ccccc2)[C@@H]1C. The van der Waals surface area contributed by atoms with Crippen LogP contribution in [-0.4, -0.2) is 23.3 Å². The Morgan fingerprint density at radius 2 is 1.79 bits per heavy atom. The lowest BCUT2D eigenvalue weighted by molar-refractivity contribution is -0.149. The molecule has 1 saturated heterocycles. The molecule has 0 saturated carbocycles. The van der Waals surface area contributed by atoms with Gasteiger partial charge in [0.25, 0.3) is 0 Å². The standard InChI is InChI=1S/C21H21F3O4/c1-12-13(2)28-19(20(25)26)17(12)15-9-6-10-16(21(22,23)24)18(15)27-11-14-7-4-3-5-8-14/h3-10,12-13,17,19H,11H2,1-2H3,(H,25,26)/t12-,13-,17?,19-/m1/s1. The van der Waals surface area contributed by atoms with Crippen LogP contribution in [0.4, 0.5) is 13.2 Å². The third-order valence-electron chi connectivity index (χ3n) is 5.17. The van der Waals surface area contributed by atoms with Crippen molar-refractivity contribution in [3.8, 4) is 5.75 Å². The second kappa shape index (κ2) is 7.83. The molecule has 1 fully saturated rings. The highest BCUT2D eigenvalue weighted by Crippen LogP contribution is 2.47. The summed E-state index contributed by atoms with van der Waals surface area (Å²) in [5.74, 6) is -2.57. The van der Waals surface area contributed by atoms with E-state index in [2.05, 4.69) is 0 Å². The largest absolute Gasteiger partial charge is 0.488 e. The van der Waals surface area contributed by atoms with Gasteiger partial charge < -0.3 is 14.6 Å². The number of hydrogen-bond acceptors (Lipinski definition) is 3. The number of para-hydroxylation sites is 1. The summed E-state index contributed by atoms with van der Waals surface area (Å²) in [6.07, 6.45) is -6.26. The number of rotatable bonds is 5. The van der Waals surface area contributed by atoms with E-state index in [9.17, 15) is 23.1 Å². The maximum atomic E-state index is 13.6. The smallest absolute Gasteiger partial charge is 0.419 e. The molecule has 2 aromatic carbocycles. The van der Waals surface area contributed by atoms with Crippen LogP contribution in [0.5, 0.6) is 5.75 Å². The number of hydrogen-bond donors (Lipinski definition) is 1. The van der Waals surface area contributed by atoms with Gasteiger partial charge in [0.05, 0.1) is 11.7 Å². The van der Waals surface area contributed by atoms with E-state index in [4.69, 9.17) is 9.47 Å². The Labute approximate surface area is 160 Å². The summed E-state index contributed by atoms with van der Waals surface area (Å²) < 4.78 is 52.1. The van der Waals surface area contributed by atoms with Crippen LogP contribution in [0.1, 0.15) is 36.5 Å². The molecular weight excluding hydrogens is 373 g/mol. The lowest BCUT2D eigenvalue weighted by Crippen LogP contribution is -2.27. The second-order valence-corrected chi connectivity index (χ2v) is 6.98. The zero-order valence-corrected chi connectivity index (χ0v) is 15.4. The second-order valence-electron chi connectivity index (χ2n) is 6.98. The van der Waals surface area contributed by atoms with E-state index in [1.165, 1.54) is 12.1 Å². The first kappa shape index (κ1) is 20.2. The van der Waals surface area contributed by atoms with Gasteiger partial charge in [-0.15, -0.1) is 0 Å². The van der Waals surface area contributed by atoms with E-state index in [-0.39, 0.29) is 23.8 Å². The van der Waals surface area contributed by atoms with Gasteiger partial charge in [-0.05, 0) is 24.5 Å². The van der Waals surface area contributed by atoms with Crippen molar-refractivity contribution < 1.29 is 32.5 Å². The fourth-order valence-corrected chi connectivity index (χ4v) is 3.60. The van der Waals surface area contributed by atoms with Gasteiger partial charge in [0, 0.05) is 11.5 Å². The molecule has 150 valence electrons. The van der Waals surface area contributed by atoms with Crippen molar-refractivity contribution in [2.75, 3.05) is 0 Å². The van der Waals surface area contributed by atoms with Crippen LogP contribution in [0.3, 0.4) is 0 Å². The molecule has 1 unspecified atom stereocenters. The van der Waals surface area contributed by atoms with Crippen molar-refractivity contribution in [2.24, 2.45) is 5.92 Å². The fraction of sp³-hybridized carbons (Fsp3) is 0.381. The molecular formula is C21H21F3O4. The lowest BCUT2D eigenvalue weighted by atomic mass is 9.82. The molecule has 0 amide bonds. The molecule has 0 bridgehead atoms. The van der Waals surface area contributed by atoms with E-state index in [0.717, 1.165) is 6.07 Å². The first-order valence-electron chi connectivity index (χ1n) is 8.95. The Kier molecular flexibility index (Phi) is 5.65. The predicted molar refractivity (Wildman–Crippen MR) is 96.1 cm³/mol. The van der Waals surface area contributed by atoms with Gasteiger partial charge in [-0.2, -0.15) is 13.2 Å². The molecule has 0 aliphatic carbocycles. The molecule has 4 atom stereocenters. The summed E-state index contributed by atoms with van der Waals surface area (Å²) in [5.41, 5.74) is -0.00358. The van der Waals surface area contributed by atoms with Gasteiger partial charge in [-0.1, -0.05) is 49.4 Å². The Bertz CT molecular complexity index is 835. The molecule has 0 radical (unpaired) electrons. The lowest BCUT2D eigenvalue weighted by Gasteiger charge is -2.24. The molecule has 3 rings (SSSR count). The average Bonchev–Trinajstić information content (AvgIpc) is 2.95. The number of carbonyl (C=O) groups is 1. The van der Waals surface area contributed by atoms with Gasteiger partial charge in [0.1, 0.15) is 12.4 Å². The van der Waals surface area contributed by atoms with Crippen LogP contribution in [0.15, 0.2) is 48.5 Å². The van der Waals surface area contributed by atoms with Gasteiger partial charge in [0.15, 0.2) is 6.10 Å². The molecule has 1 aliphatic rings. The molecule has 0 spiro atoms. The molecule has 7 heteroatoms. The van der Waals surface area contributed by atoms with Crippen molar-refractivity contribution in [2.45, 2.75) is 44.8 Å². The van der Waals surface area contributed by atoms with Crippen LogP contribution in [0.2, 0.25) is 0 Å². The zero-order chi connectivity index (χ0) is 20.5. The molecule has 1 aliphatic heterocycles. The Hall–Kier alpha value is -2.54. The molecule has 2 aromatic rings. The van der Waals surface area contributed by atoms with Crippen molar-refractivity contribution in [1.29, 1.82) is 0 Å². The minimum atomic E-state index is -4.63. The number of halogens is 3. The maximum absolute atomic E-state index is 13.6. The van der Waals surface area contributed by atoms with Crippen LogP contribution in [-0.2, 0) is 22.3 Å². The maximum Gasteiger partial charge on any atom is 0.419 e. The number of carboxylic acid groups (broad SMARTS) is 1. The highest BCUT2D eigenvalue weighted by atomic mass is 19.4. The number of alkyl halides is 3. The predicted octanol–water partition coefficient (Wildman–Crippen LogP) is 4.88. The van der Waals surface area contributed by atoms with E-state index in [1.807, 2.05) is 0 Å². The Morgan fingerprint density at radius 1 is 1.11 bits per heavy atom. The van der Waals surface area contributed by atoms with Gasteiger partial charge in [-0.3, -0.25) is 0 Å². The van der Waals surface area contributed by atoms with Crippen molar-refractivity contribution in [3.05, 3.63) is 65.2 Å². The average molecular weight is 394 g/mol. The number of carboxylic acids is 1. The quantitative estimate of drug-likeness (QED) is 0.786. The van der Waals surface area contributed by atoms with Gasteiger partial charge >= 0.3 is 12.1 Å². The van der Waals surface area contributed by atoms with Crippen LogP contribution in [0.25, 0.3) is 0 Å². The van der Waals surface area contributed by atoms with Gasteiger partial charge in [-0.25, -0.2) is 4.79 Å². The zero-order valence-electron chi connectivity index (χ0n) is 15.4. The van der Waals surface area contributed by atoms with Gasteiger partial charge in [0.2, 0.25) is 0 Å². The van der Waals surface area contributed by atoms with Crippen molar-refractivity contribution >= 4 is 5.97 Å². The number of ether oxygens (including phenoxy) is 2. The summed E-state index contributed by atoms with van der Waals surface area (Å²) in [6, 6.07) is 12.6. The monoisotopic (exact) mass is 394 g/mol. The third kappa shape index (κ3) is 3.99. The first-order valence-corrected chi connectivity index (χ1v) is 8.95. The summed E-state index contributed by atoms with van der Waals surface area (Å²) in [4.78, 5) is 11.7. The fourth-order valence-electron chi connectivity index (χ4n) is 3.60. The van der Waals surface area contributed by atoms with E-state index < -0.39 is 35.8 Å². The minimum absolute atomic E-state index is 0.0593. The van der Waals surface area contributed by atoms with Crippen LogP contribution >= 0.6 is 0 Å². The topological polar surface area (TPSA) is 55.8 Å². The first-order chi connectivity index (χ1) is 13.2. The molecule has 0 aromatic heterocycles. The summed E-state index contributed by atoms with van der Waals surface area (Å²) in [5, 5.41) is 9.52. The number of benzene rings is 2. The highest BCUT2D eigenvalue weighted by Gasteiger charge is 2.47. The van der Waals surface area contributed by atoms with Crippen molar-refractivity contribution in [1.82, 2.24) is 0 Å². The molecule has 4 nitrogen and oxygen atoms in total. The Morgan fingerprint density at radius 3 is 2.39 bits per heavy atom. The minimum Gasteiger partial charge on any atom is -0.488 e. The van der Waals surface area contributed by atoms with E-state index >= 15 is 0 Å². The molecule has 1 N–H and O–H groups in total. The van der Waals surface area contributed by atoms with E-state index in [1.54, 1.807) is 44.2 Å². The number of aliphatic carboxylic acids is 1. The van der Waals surface area contributed by atoms with Crippen molar-refractivity contribution in [3.63, 3.8) is 0 Å². The summed E-state index contributed by atoms with van der Waals surface area (Å²) in [7, 11) is 0. The summed E-state index contributed by atoms with van der Waals surface area (Å²) in [6.45, 7) is 3.44. The highest BCUT2D eigenvalue weighted by molar-refractivity contribution is 5.75.